The Balaban J connectivity index is -0.00000338. The second-order valence-corrected chi connectivity index (χ2v) is 8.57. The summed E-state index contributed by atoms with van der Waals surface area (Å²) in [4.78, 5) is 28.8. The number of hydrogen-bond donors (Lipinski definition) is 4. The molecule has 4 N–H and O–H groups in total. The van der Waals surface area contributed by atoms with Gasteiger partial charge in [-0.25, -0.2) is 9.36 Å². The second kappa shape index (κ2) is 18.3. The molecule has 0 saturated carbocycles. The summed E-state index contributed by atoms with van der Waals surface area (Å²) >= 11 is 0. The SMILES string of the molecule is CCCCCCCCCCCCCCCCC(O)(CO)C(=O)OP(=O)(O)O.[H-].[Na+]. The van der Waals surface area contributed by atoms with Crippen molar-refractivity contribution < 1.29 is 64.9 Å². The molecule has 1 atom stereocenters. The van der Waals surface area contributed by atoms with Gasteiger partial charge in [0.25, 0.3) is 0 Å². The van der Waals surface area contributed by atoms with Gasteiger partial charge in [0, 0.05) is 0 Å². The predicted octanol–water partition coefficient (Wildman–Crippen LogP) is 1.33. The van der Waals surface area contributed by atoms with Crippen molar-refractivity contribution in [3.05, 3.63) is 0 Å². The molecule has 0 aromatic carbocycles. The molecule has 0 fully saturated rings. The summed E-state index contributed by atoms with van der Waals surface area (Å²) in [6.07, 6.45) is 16.2. The average Bonchev–Trinajstić information content (AvgIpc) is 2.60. The van der Waals surface area contributed by atoms with Gasteiger partial charge in [-0.1, -0.05) is 90.4 Å². The average molecular weight is 434 g/mol. The van der Waals surface area contributed by atoms with Crippen LogP contribution in [0.1, 0.15) is 105 Å². The maximum absolute atomic E-state index is 11.6. The van der Waals surface area contributed by atoms with E-state index >= 15 is 0 Å². The first kappa shape index (κ1) is 30.7. The van der Waals surface area contributed by atoms with Gasteiger partial charge in [0.05, 0.1) is 6.61 Å². The maximum atomic E-state index is 11.6. The van der Waals surface area contributed by atoms with Gasteiger partial charge in [0.1, 0.15) is 0 Å². The van der Waals surface area contributed by atoms with E-state index in [1.165, 1.54) is 64.2 Å². The first-order valence-corrected chi connectivity index (χ1v) is 11.9. The summed E-state index contributed by atoms with van der Waals surface area (Å²) in [6, 6.07) is 0. The molecule has 0 aliphatic rings. The molecule has 0 bridgehead atoms. The van der Waals surface area contributed by atoms with Gasteiger partial charge in [0.2, 0.25) is 0 Å². The molecule has 0 aromatic rings. The second-order valence-electron chi connectivity index (χ2n) is 7.41. The van der Waals surface area contributed by atoms with Gasteiger partial charge in [-0.3, -0.25) is 9.79 Å². The molecule has 9 heteroatoms. The van der Waals surface area contributed by atoms with E-state index < -0.39 is 26.0 Å². The third kappa shape index (κ3) is 17.4. The molecule has 0 radical (unpaired) electrons. The van der Waals surface area contributed by atoms with Crippen molar-refractivity contribution in [1.29, 1.82) is 0 Å². The molecule has 7 nitrogen and oxygen atoms in total. The third-order valence-electron chi connectivity index (χ3n) is 4.79. The minimum Gasteiger partial charge on any atom is -1.00 e. The van der Waals surface area contributed by atoms with E-state index in [0.717, 1.165) is 19.3 Å². The van der Waals surface area contributed by atoms with Crippen molar-refractivity contribution in [1.82, 2.24) is 0 Å². The van der Waals surface area contributed by atoms with Crippen LogP contribution in [-0.2, 0) is 13.9 Å². The van der Waals surface area contributed by atoms with E-state index in [0.29, 0.717) is 6.42 Å². The number of carbonyl (C=O) groups is 1. The first-order valence-electron chi connectivity index (χ1n) is 10.4. The number of phosphoric acid groups is 1. The fraction of sp³-hybridized carbons (Fsp3) is 0.947. The summed E-state index contributed by atoms with van der Waals surface area (Å²) in [5.74, 6) is -1.48. The molecule has 0 aromatic heterocycles. The largest absolute Gasteiger partial charge is 1.00 e. The zero-order valence-corrected chi connectivity index (χ0v) is 20.7. The van der Waals surface area contributed by atoms with Crippen molar-refractivity contribution in [3.8, 4) is 0 Å². The quantitative estimate of drug-likeness (QED) is 0.146. The molecule has 0 amide bonds. The number of phosphoric ester groups is 1. The van der Waals surface area contributed by atoms with Crippen LogP contribution in [0.15, 0.2) is 0 Å². The van der Waals surface area contributed by atoms with E-state index in [-0.39, 0.29) is 37.4 Å². The molecular weight excluding hydrogens is 394 g/mol. The Morgan fingerprint density at radius 1 is 0.857 bits per heavy atom. The predicted molar refractivity (Wildman–Crippen MR) is 106 cm³/mol. The van der Waals surface area contributed by atoms with Crippen molar-refractivity contribution in [2.24, 2.45) is 0 Å². The Morgan fingerprint density at radius 3 is 1.54 bits per heavy atom. The van der Waals surface area contributed by atoms with Crippen molar-refractivity contribution in [3.63, 3.8) is 0 Å². The van der Waals surface area contributed by atoms with Gasteiger partial charge >= 0.3 is 43.3 Å². The van der Waals surface area contributed by atoms with E-state index in [1.807, 2.05) is 0 Å². The smallest absolute Gasteiger partial charge is 1.00 e. The topological polar surface area (TPSA) is 124 Å². The number of hydrogen-bond acceptors (Lipinski definition) is 5. The summed E-state index contributed by atoms with van der Waals surface area (Å²) in [6.45, 7) is 1.30. The Morgan fingerprint density at radius 2 is 1.21 bits per heavy atom. The van der Waals surface area contributed by atoms with E-state index in [9.17, 15) is 14.5 Å². The number of unbranched alkanes of at least 4 members (excludes halogenated alkanes) is 13. The molecule has 0 aliphatic carbocycles. The molecule has 0 rings (SSSR count). The Labute approximate surface area is 193 Å². The van der Waals surface area contributed by atoms with Gasteiger partial charge in [-0.15, -0.1) is 0 Å². The van der Waals surface area contributed by atoms with Crippen molar-refractivity contribution >= 4 is 13.8 Å². The number of aliphatic hydroxyl groups excluding tert-OH is 1. The molecule has 0 aliphatic heterocycles. The number of rotatable bonds is 18. The number of aliphatic hydroxyl groups is 2. The van der Waals surface area contributed by atoms with Crippen LogP contribution in [0.3, 0.4) is 0 Å². The third-order valence-corrected chi connectivity index (χ3v) is 5.19. The van der Waals surface area contributed by atoms with Crippen LogP contribution < -0.4 is 29.6 Å². The molecule has 0 heterocycles. The van der Waals surface area contributed by atoms with Gasteiger partial charge in [-0.05, 0) is 12.8 Å². The Kier molecular flexibility index (Phi) is 20.1. The van der Waals surface area contributed by atoms with Crippen LogP contribution in [0.4, 0.5) is 0 Å². The van der Waals surface area contributed by atoms with Crippen LogP contribution in [-0.4, -0.2) is 38.2 Å². The van der Waals surface area contributed by atoms with Crippen LogP contribution in [0.2, 0.25) is 0 Å². The van der Waals surface area contributed by atoms with Crippen LogP contribution >= 0.6 is 7.82 Å². The Hall–Kier alpha value is 0.540. The minimum absolute atomic E-state index is 0. The number of carbonyl (C=O) groups excluding carboxylic acids is 1. The van der Waals surface area contributed by atoms with E-state index in [1.54, 1.807) is 0 Å². The maximum Gasteiger partial charge on any atom is 1.00 e. The minimum atomic E-state index is -5.03. The molecule has 164 valence electrons. The first-order chi connectivity index (χ1) is 12.7. The summed E-state index contributed by atoms with van der Waals surface area (Å²) in [5.41, 5.74) is -2.25. The van der Waals surface area contributed by atoms with Gasteiger partial charge < -0.3 is 16.2 Å². The van der Waals surface area contributed by atoms with E-state index in [2.05, 4.69) is 11.4 Å². The zero-order chi connectivity index (χ0) is 20.6. The molecule has 0 spiro atoms. The van der Waals surface area contributed by atoms with Crippen LogP contribution in [0, 0.1) is 0 Å². The summed E-state index contributed by atoms with van der Waals surface area (Å²) < 4.78 is 14.5. The fourth-order valence-electron chi connectivity index (χ4n) is 3.05. The van der Waals surface area contributed by atoms with Crippen LogP contribution in [0.5, 0.6) is 0 Å². The Bertz CT molecular complexity index is 437. The van der Waals surface area contributed by atoms with Gasteiger partial charge in [-0.2, -0.15) is 0 Å². The standard InChI is InChI=1S/C19H39O7P.Na.H/c1-2-3-4-5-6-7-8-9-10-11-12-13-14-15-16-19(22,17-20)18(21)26-27(23,24)25;;/h20,22H,2-17H2,1H3,(H2,23,24,25);;/q;+1;-1. The van der Waals surface area contributed by atoms with Crippen molar-refractivity contribution in [2.45, 2.75) is 109 Å². The molecule has 0 saturated heterocycles. The summed E-state index contributed by atoms with van der Waals surface area (Å²) in [7, 11) is -5.03. The molecule has 1 unspecified atom stereocenters. The molecular formula is C19H40NaO7P. The zero-order valence-electron chi connectivity index (χ0n) is 18.8. The van der Waals surface area contributed by atoms with Crippen molar-refractivity contribution in [2.75, 3.05) is 6.61 Å². The summed E-state index contributed by atoms with van der Waals surface area (Å²) in [5, 5.41) is 19.1. The van der Waals surface area contributed by atoms with Gasteiger partial charge in [0.15, 0.2) is 5.60 Å². The normalized spacial score (nSPS) is 13.6. The fourth-order valence-corrected chi connectivity index (χ4v) is 3.44. The van der Waals surface area contributed by atoms with Crippen LogP contribution in [0.25, 0.3) is 0 Å². The molecule has 28 heavy (non-hydrogen) atoms. The van der Waals surface area contributed by atoms with E-state index in [4.69, 9.17) is 14.9 Å². The monoisotopic (exact) mass is 434 g/mol.